The van der Waals surface area contributed by atoms with E-state index in [0.717, 1.165) is 35.5 Å². The average Bonchev–Trinajstić information content (AvgIpc) is 3.19. The van der Waals surface area contributed by atoms with Crippen LogP contribution in [0.5, 0.6) is 0 Å². The summed E-state index contributed by atoms with van der Waals surface area (Å²) in [6, 6.07) is 8.25. The zero-order valence-electron chi connectivity index (χ0n) is 16.1. The van der Waals surface area contributed by atoms with E-state index < -0.39 is 0 Å². The van der Waals surface area contributed by atoms with Crippen LogP contribution in [0.25, 0.3) is 5.69 Å². The molecule has 0 N–H and O–H groups in total. The maximum atomic E-state index is 13.1. The molecule has 1 aliphatic carbocycles. The van der Waals surface area contributed by atoms with Crippen LogP contribution in [0.4, 0.5) is 0 Å². The Morgan fingerprint density at radius 3 is 2.42 bits per heavy atom. The van der Waals surface area contributed by atoms with Gasteiger partial charge in [0.25, 0.3) is 0 Å². The van der Waals surface area contributed by atoms with Gasteiger partial charge in [-0.3, -0.25) is 4.79 Å². The van der Waals surface area contributed by atoms with Crippen molar-refractivity contribution in [2.45, 2.75) is 71.9 Å². The summed E-state index contributed by atoms with van der Waals surface area (Å²) in [6.07, 6.45) is 5.14. The number of amides is 1. The molecule has 0 spiro atoms. The van der Waals surface area contributed by atoms with Gasteiger partial charge in [0, 0.05) is 28.4 Å². The molecule has 2 aromatic rings. The second kappa shape index (κ2) is 7.83. The van der Waals surface area contributed by atoms with E-state index in [0.29, 0.717) is 17.5 Å². The summed E-state index contributed by atoms with van der Waals surface area (Å²) in [6.45, 7) is 8.25. The van der Waals surface area contributed by atoms with Gasteiger partial charge in [0.1, 0.15) is 0 Å². The summed E-state index contributed by atoms with van der Waals surface area (Å²) >= 11 is 5.99. The van der Waals surface area contributed by atoms with Crippen molar-refractivity contribution in [1.82, 2.24) is 14.7 Å². The number of halogens is 1. The quantitative estimate of drug-likeness (QED) is 0.750. The van der Waals surface area contributed by atoms with E-state index in [9.17, 15) is 4.79 Å². The number of nitrogens with zero attached hydrogens (tertiary/aromatic N) is 3. The van der Waals surface area contributed by atoms with Crippen LogP contribution < -0.4 is 0 Å². The number of benzene rings is 1. The Balaban J connectivity index is 1.85. The summed E-state index contributed by atoms with van der Waals surface area (Å²) in [5, 5.41) is 5.37. The molecule has 140 valence electrons. The minimum Gasteiger partial charge on any atom is -0.337 e. The third-order valence-corrected chi connectivity index (χ3v) is 5.65. The molecule has 5 heteroatoms. The molecule has 1 amide bonds. The molecule has 0 unspecified atom stereocenters. The van der Waals surface area contributed by atoms with E-state index in [2.05, 4.69) is 23.8 Å². The van der Waals surface area contributed by atoms with Crippen LogP contribution in [-0.2, 0) is 11.2 Å². The summed E-state index contributed by atoms with van der Waals surface area (Å²) in [5.74, 6) is 0.216. The second-order valence-electron chi connectivity index (χ2n) is 7.55. The van der Waals surface area contributed by atoms with E-state index >= 15 is 0 Å². The zero-order chi connectivity index (χ0) is 18.8. The second-order valence-corrected chi connectivity index (χ2v) is 7.98. The van der Waals surface area contributed by atoms with Crippen LogP contribution in [0.3, 0.4) is 0 Å². The topological polar surface area (TPSA) is 38.1 Å². The maximum Gasteiger partial charge on any atom is 0.227 e. The van der Waals surface area contributed by atoms with E-state index in [1.807, 2.05) is 42.8 Å². The lowest BCUT2D eigenvalue weighted by molar-refractivity contribution is -0.134. The Morgan fingerprint density at radius 2 is 1.85 bits per heavy atom. The van der Waals surface area contributed by atoms with Crippen LogP contribution in [0.1, 0.15) is 56.5 Å². The van der Waals surface area contributed by atoms with Crippen molar-refractivity contribution in [2.24, 2.45) is 0 Å². The van der Waals surface area contributed by atoms with Gasteiger partial charge in [-0.1, -0.05) is 24.4 Å². The molecule has 0 aliphatic heterocycles. The van der Waals surface area contributed by atoms with Crippen LogP contribution >= 0.6 is 11.6 Å². The molecule has 1 aromatic carbocycles. The first kappa shape index (κ1) is 19.0. The van der Waals surface area contributed by atoms with Crippen LogP contribution in [0.15, 0.2) is 24.3 Å². The number of rotatable bonds is 5. The van der Waals surface area contributed by atoms with E-state index in [1.54, 1.807) is 0 Å². The summed E-state index contributed by atoms with van der Waals surface area (Å²) < 4.78 is 1.91. The lowest BCUT2D eigenvalue weighted by Crippen LogP contribution is -2.44. The van der Waals surface area contributed by atoms with Gasteiger partial charge in [0.2, 0.25) is 5.91 Å². The molecule has 1 aromatic heterocycles. The number of aryl methyl sites for hydroxylation is 1. The zero-order valence-corrected chi connectivity index (χ0v) is 16.9. The Kier molecular flexibility index (Phi) is 5.71. The Labute approximate surface area is 161 Å². The molecular weight excluding hydrogens is 346 g/mol. The molecule has 4 nitrogen and oxygen atoms in total. The third-order valence-electron chi connectivity index (χ3n) is 5.40. The SMILES string of the molecule is Cc1nn(-c2ccc(Cl)cc2)c(C)c1CC(=O)N(C(C)C)C1CCCC1. The molecule has 0 atom stereocenters. The lowest BCUT2D eigenvalue weighted by atomic mass is 10.1. The first-order chi connectivity index (χ1) is 12.4. The number of hydrogen-bond donors (Lipinski definition) is 0. The Hall–Kier alpha value is -1.81. The minimum atomic E-state index is 0.216. The molecule has 1 aliphatic rings. The fourth-order valence-corrected chi connectivity index (χ4v) is 4.23. The van der Waals surface area contributed by atoms with Gasteiger partial charge in [-0.05, 0) is 64.8 Å². The van der Waals surface area contributed by atoms with Crippen molar-refractivity contribution in [1.29, 1.82) is 0 Å². The molecule has 3 rings (SSSR count). The highest BCUT2D eigenvalue weighted by Gasteiger charge is 2.29. The number of carbonyl (C=O) groups excluding carboxylic acids is 1. The average molecular weight is 374 g/mol. The standard InChI is InChI=1S/C21H28ClN3O/c1-14(2)24(18-7-5-6-8-18)21(26)13-20-15(3)23-25(16(20)4)19-11-9-17(22)10-12-19/h9-12,14,18H,5-8,13H2,1-4H3. The van der Waals surface area contributed by atoms with Crippen molar-refractivity contribution in [3.8, 4) is 5.69 Å². The van der Waals surface area contributed by atoms with Gasteiger partial charge >= 0.3 is 0 Å². The van der Waals surface area contributed by atoms with Gasteiger partial charge < -0.3 is 4.90 Å². The molecule has 1 fully saturated rings. The van der Waals surface area contributed by atoms with Crippen LogP contribution in [-0.4, -0.2) is 32.7 Å². The molecule has 1 saturated carbocycles. The molecule has 0 bridgehead atoms. The molecule has 0 radical (unpaired) electrons. The number of aromatic nitrogens is 2. The summed E-state index contributed by atoms with van der Waals surface area (Å²) in [4.78, 5) is 15.2. The first-order valence-corrected chi connectivity index (χ1v) is 9.88. The monoisotopic (exact) mass is 373 g/mol. The predicted molar refractivity (Wildman–Crippen MR) is 106 cm³/mol. The van der Waals surface area contributed by atoms with Crippen LogP contribution in [0.2, 0.25) is 5.02 Å². The smallest absolute Gasteiger partial charge is 0.227 e. The fraction of sp³-hybridized carbons (Fsp3) is 0.524. The van der Waals surface area contributed by atoms with Crippen molar-refractivity contribution < 1.29 is 4.79 Å². The van der Waals surface area contributed by atoms with E-state index in [1.165, 1.54) is 12.8 Å². The van der Waals surface area contributed by atoms with Crippen molar-refractivity contribution in [3.63, 3.8) is 0 Å². The van der Waals surface area contributed by atoms with Gasteiger partial charge in [-0.25, -0.2) is 4.68 Å². The van der Waals surface area contributed by atoms with E-state index in [4.69, 9.17) is 11.6 Å². The molecule has 1 heterocycles. The van der Waals surface area contributed by atoms with Crippen LogP contribution in [0, 0.1) is 13.8 Å². The number of hydrogen-bond acceptors (Lipinski definition) is 2. The van der Waals surface area contributed by atoms with E-state index in [-0.39, 0.29) is 11.9 Å². The number of carbonyl (C=O) groups is 1. The predicted octanol–water partition coefficient (Wildman–Crippen LogP) is 4.86. The van der Waals surface area contributed by atoms with Gasteiger partial charge in [-0.2, -0.15) is 5.10 Å². The highest BCUT2D eigenvalue weighted by Crippen LogP contribution is 2.27. The summed E-state index contributed by atoms with van der Waals surface area (Å²) in [5.41, 5.74) is 3.94. The minimum absolute atomic E-state index is 0.216. The van der Waals surface area contributed by atoms with Crippen molar-refractivity contribution in [3.05, 3.63) is 46.2 Å². The van der Waals surface area contributed by atoms with Gasteiger partial charge in [-0.15, -0.1) is 0 Å². The normalized spacial score (nSPS) is 15.0. The largest absolute Gasteiger partial charge is 0.337 e. The van der Waals surface area contributed by atoms with Gasteiger partial charge in [0.05, 0.1) is 17.8 Å². The van der Waals surface area contributed by atoms with Crippen molar-refractivity contribution in [2.75, 3.05) is 0 Å². The molecule has 26 heavy (non-hydrogen) atoms. The van der Waals surface area contributed by atoms with Crippen molar-refractivity contribution >= 4 is 17.5 Å². The van der Waals surface area contributed by atoms with Gasteiger partial charge in [0.15, 0.2) is 0 Å². The first-order valence-electron chi connectivity index (χ1n) is 9.50. The third kappa shape index (κ3) is 3.80. The fourth-order valence-electron chi connectivity index (χ4n) is 4.10. The summed E-state index contributed by atoms with van der Waals surface area (Å²) in [7, 11) is 0. The highest BCUT2D eigenvalue weighted by atomic mass is 35.5. The highest BCUT2D eigenvalue weighted by molar-refractivity contribution is 6.30. The lowest BCUT2D eigenvalue weighted by Gasteiger charge is -2.33. The Bertz CT molecular complexity index is 773. The maximum absolute atomic E-state index is 13.1. The molecule has 0 saturated heterocycles. The Morgan fingerprint density at radius 1 is 1.23 bits per heavy atom. The molecular formula is C21H28ClN3O.